The number of primary amides is 1. The maximum Gasteiger partial charge on any atom is 0.227 e. The third kappa shape index (κ3) is 1.72. The summed E-state index contributed by atoms with van der Waals surface area (Å²) in [6.07, 6.45) is 5.34. The fraction of sp³-hybridized carbons (Fsp3) is 0.471. The summed E-state index contributed by atoms with van der Waals surface area (Å²) in [6.45, 7) is 11.9. The van der Waals surface area contributed by atoms with Gasteiger partial charge in [-0.2, -0.15) is 0 Å². The number of carbonyl (C=O) groups excluding carboxylic acids is 1. The van der Waals surface area contributed by atoms with Gasteiger partial charge in [0.05, 0.1) is 5.41 Å². The van der Waals surface area contributed by atoms with Gasteiger partial charge in [0.1, 0.15) is 0 Å². The van der Waals surface area contributed by atoms with Gasteiger partial charge in [0.25, 0.3) is 0 Å². The van der Waals surface area contributed by atoms with E-state index in [0.717, 1.165) is 6.42 Å². The number of hydrogen-bond acceptors (Lipinski definition) is 1. The van der Waals surface area contributed by atoms with Crippen LogP contribution in [0.5, 0.6) is 0 Å². The average Bonchev–Trinajstić information content (AvgIpc) is 2.75. The summed E-state index contributed by atoms with van der Waals surface area (Å²) in [4.78, 5) is 12.5. The maximum absolute atomic E-state index is 12.5. The first kappa shape index (κ1) is 14.8. The van der Waals surface area contributed by atoms with Crippen molar-refractivity contribution in [2.75, 3.05) is 0 Å². The second kappa shape index (κ2) is 4.20. The van der Waals surface area contributed by atoms with Crippen LogP contribution in [0.4, 0.5) is 0 Å². The van der Waals surface area contributed by atoms with Crippen LogP contribution < -0.4 is 5.73 Å². The van der Waals surface area contributed by atoms with E-state index in [1.165, 1.54) is 16.7 Å². The van der Waals surface area contributed by atoms with Gasteiger partial charge >= 0.3 is 0 Å². The minimum absolute atomic E-state index is 0.139. The summed E-state index contributed by atoms with van der Waals surface area (Å²) >= 11 is 0. The molecule has 112 valence electrons. The summed E-state index contributed by atoms with van der Waals surface area (Å²) in [6, 6.07) is 6.39. The van der Waals surface area contributed by atoms with Crippen molar-refractivity contribution in [1.29, 1.82) is 0 Å². The standard InChI is InChI=1S/C17H25NOSi2/c1-17(15(18)19,16-20(2,3)21(16,4)5)14-11-7-9-12-8-6-10-13(12)14/h6-7,9-11,16H,8H2,1-5H3,(H2,18,19). The number of hydrogen-bond donors (Lipinski definition) is 1. The second-order valence-electron chi connectivity index (χ2n) is 7.93. The minimum Gasteiger partial charge on any atom is -0.369 e. The molecular formula is C17H25NOSi2. The topological polar surface area (TPSA) is 43.1 Å². The normalized spacial score (nSPS) is 24.4. The number of nitrogens with two attached hydrogens (primary N) is 1. The van der Waals surface area contributed by atoms with Crippen molar-refractivity contribution in [1.82, 2.24) is 0 Å². The zero-order valence-corrected chi connectivity index (χ0v) is 15.7. The van der Waals surface area contributed by atoms with Crippen molar-refractivity contribution in [2.45, 2.75) is 50.1 Å². The van der Waals surface area contributed by atoms with E-state index in [0.29, 0.717) is 5.16 Å². The van der Waals surface area contributed by atoms with Gasteiger partial charge in [0.2, 0.25) is 5.91 Å². The molecule has 2 aliphatic rings. The van der Waals surface area contributed by atoms with E-state index in [4.69, 9.17) is 5.73 Å². The molecular weight excluding hydrogens is 290 g/mol. The van der Waals surface area contributed by atoms with Gasteiger partial charge in [-0.15, -0.1) is 0 Å². The van der Waals surface area contributed by atoms with E-state index in [9.17, 15) is 4.79 Å². The van der Waals surface area contributed by atoms with Gasteiger partial charge in [-0.25, -0.2) is 0 Å². The lowest BCUT2D eigenvalue weighted by Crippen LogP contribution is -2.42. The largest absolute Gasteiger partial charge is 0.369 e. The number of fused-ring (bicyclic) bond motifs is 1. The van der Waals surface area contributed by atoms with Crippen LogP contribution >= 0.6 is 0 Å². The van der Waals surface area contributed by atoms with Crippen molar-refractivity contribution in [3.8, 4) is 0 Å². The fourth-order valence-corrected chi connectivity index (χ4v) is 24.8. The van der Waals surface area contributed by atoms with Crippen molar-refractivity contribution >= 4 is 27.2 Å². The van der Waals surface area contributed by atoms with Crippen molar-refractivity contribution in [3.63, 3.8) is 0 Å². The van der Waals surface area contributed by atoms with Crippen molar-refractivity contribution in [3.05, 3.63) is 41.0 Å². The summed E-state index contributed by atoms with van der Waals surface area (Å²) in [5.74, 6) is -0.139. The van der Waals surface area contributed by atoms with Gasteiger partial charge in [-0.1, -0.05) is 56.5 Å². The van der Waals surface area contributed by atoms with E-state index in [1.807, 2.05) is 0 Å². The minimum atomic E-state index is -1.32. The summed E-state index contributed by atoms with van der Waals surface area (Å²) in [5, 5.41) is 0.538. The van der Waals surface area contributed by atoms with Crippen LogP contribution in [0.1, 0.15) is 23.6 Å². The molecule has 1 unspecified atom stereocenters. The van der Waals surface area contributed by atoms with Gasteiger partial charge in [0.15, 0.2) is 0 Å². The van der Waals surface area contributed by atoms with Crippen LogP contribution in [0.15, 0.2) is 24.3 Å². The molecule has 2 nitrogen and oxygen atoms in total. The Kier molecular flexibility index (Phi) is 2.96. The highest BCUT2D eigenvalue weighted by Gasteiger charge is 2.74. The molecule has 0 spiro atoms. The molecule has 1 aliphatic heterocycles. The highest BCUT2D eigenvalue weighted by atomic mass is 29.3. The maximum atomic E-state index is 12.5. The average molecular weight is 316 g/mol. The summed E-state index contributed by atoms with van der Waals surface area (Å²) in [5.41, 5.74) is 9.22. The number of benzene rings is 1. The van der Waals surface area contributed by atoms with Crippen LogP contribution in [-0.4, -0.2) is 21.1 Å². The van der Waals surface area contributed by atoms with Gasteiger partial charge in [-0.3, -0.25) is 4.79 Å². The Morgan fingerprint density at radius 2 is 1.86 bits per heavy atom. The molecule has 0 radical (unpaired) electrons. The Morgan fingerprint density at radius 1 is 1.24 bits per heavy atom. The predicted octanol–water partition coefficient (Wildman–Crippen LogP) is 3.42. The smallest absolute Gasteiger partial charge is 0.227 e. The van der Waals surface area contributed by atoms with E-state index in [-0.39, 0.29) is 5.91 Å². The van der Waals surface area contributed by atoms with E-state index in [2.05, 4.69) is 63.5 Å². The zero-order valence-electron chi connectivity index (χ0n) is 13.7. The van der Waals surface area contributed by atoms with Crippen molar-refractivity contribution in [2.24, 2.45) is 5.73 Å². The Morgan fingerprint density at radius 3 is 2.38 bits per heavy atom. The van der Waals surface area contributed by atoms with Crippen LogP contribution in [0.25, 0.3) is 6.08 Å². The molecule has 1 aromatic rings. The van der Waals surface area contributed by atoms with E-state index >= 15 is 0 Å². The Hall–Kier alpha value is -1.14. The molecule has 1 atom stereocenters. The molecule has 3 rings (SSSR count). The summed E-state index contributed by atoms with van der Waals surface area (Å²) in [7, 11) is -2.64. The van der Waals surface area contributed by atoms with Crippen LogP contribution in [0.3, 0.4) is 0 Å². The lowest BCUT2D eigenvalue weighted by Gasteiger charge is -2.31. The van der Waals surface area contributed by atoms with Crippen LogP contribution in [0, 0.1) is 0 Å². The highest BCUT2D eigenvalue weighted by Crippen LogP contribution is 2.64. The lowest BCUT2D eigenvalue weighted by molar-refractivity contribution is -0.122. The highest BCUT2D eigenvalue weighted by molar-refractivity contribution is 7.59. The first-order valence-electron chi connectivity index (χ1n) is 7.74. The molecule has 1 saturated heterocycles. The van der Waals surface area contributed by atoms with Crippen LogP contribution in [-0.2, 0) is 16.6 Å². The molecule has 21 heavy (non-hydrogen) atoms. The second-order valence-corrected chi connectivity index (χ2v) is 24.3. The number of carbonyl (C=O) groups is 1. The van der Waals surface area contributed by atoms with Gasteiger partial charge in [-0.05, 0) is 35.2 Å². The molecule has 0 bridgehead atoms. The molecule has 1 fully saturated rings. The first-order valence-corrected chi connectivity index (χ1v) is 14.9. The Balaban J connectivity index is 2.20. The molecule has 1 amide bonds. The van der Waals surface area contributed by atoms with Crippen LogP contribution in [0.2, 0.25) is 31.4 Å². The molecule has 1 aromatic carbocycles. The lowest BCUT2D eigenvalue weighted by atomic mass is 9.79. The molecule has 1 aliphatic carbocycles. The molecule has 1 heterocycles. The van der Waals surface area contributed by atoms with E-state index in [1.54, 1.807) is 0 Å². The third-order valence-corrected chi connectivity index (χ3v) is 28.3. The number of amides is 1. The molecule has 2 N–H and O–H groups in total. The first-order chi connectivity index (χ1) is 9.65. The van der Waals surface area contributed by atoms with E-state index < -0.39 is 20.6 Å². The van der Waals surface area contributed by atoms with Gasteiger partial charge < -0.3 is 5.73 Å². The zero-order chi connectivity index (χ0) is 15.6. The molecule has 0 aromatic heterocycles. The Bertz CT molecular complexity index is 649. The van der Waals surface area contributed by atoms with Gasteiger partial charge in [0, 0.05) is 15.2 Å². The number of rotatable bonds is 3. The molecule has 4 heteroatoms. The predicted molar refractivity (Wildman–Crippen MR) is 94.4 cm³/mol. The fourth-order valence-electron chi connectivity index (χ4n) is 4.81. The van der Waals surface area contributed by atoms with Crippen molar-refractivity contribution < 1.29 is 4.79 Å². The number of allylic oxidation sites excluding steroid dienone is 1. The SMILES string of the molecule is CC(C(N)=O)(c1cccc2c1C=CC2)C1[Si](C)(C)[Si]1(C)C. The third-order valence-electron chi connectivity index (χ3n) is 6.49. The Labute approximate surface area is 129 Å². The summed E-state index contributed by atoms with van der Waals surface area (Å²) < 4.78 is 0. The molecule has 0 saturated carbocycles. The quantitative estimate of drug-likeness (QED) is 0.853. The monoisotopic (exact) mass is 315 g/mol.